The molecule has 16 heavy (non-hydrogen) atoms. The monoisotopic (exact) mass is 245 g/mol. The molecular weight excluding hydrogens is 218 g/mol. The summed E-state index contributed by atoms with van der Waals surface area (Å²) in [6.07, 6.45) is 11.9. The highest BCUT2D eigenvalue weighted by molar-refractivity contribution is 7.98. The van der Waals surface area contributed by atoms with Crippen LogP contribution in [0.5, 0.6) is 0 Å². The van der Waals surface area contributed by atoms with Crippen LogP contribution in [0.15, 0.2) is 0 Å². The topological polar surface area (TPSA) is 21.3 Å². The molecule has 0 aromatic heterocycles. The molecule has 0 heterocycles. The van der Waals surface area contributed by atoms with Gasteiger partial charge in [-0.25, -0.2) is 0 Å². The number of ether oxygens (including phenoxy) is 1. The van der Waals surface area contributed by atoms with E-state index in [-0.39, 0.29) is 0 Å². The first-order chi connectivity index (χ1) is 7.86. The Morgan fingerprint density at radius 1 is 1.25 bits per heavy atom. The number of rotatable bonds is 8. The lowest BCUT2D eigenvalue weighted by Crippen LogP contribution is -2.37. The lowest BCUT2D eigenvalue weighted by atomic mass is 9.93. The molecule has 1 N–H and O–H groups in total. The number of unbranched alkanes of at least 4 members (excludes halogenated alkanes) is 2. The first-order valence-electron chi connectivity index (χ1n) is 6.62. The smallest absolute Gasteiger partial charge is 0.0586 e. The molecule has 1 rings (SSSR count). The zero-order chi connectivity index (χ0) is 11.6. The summed E-state index contributed by atoms with van der Waals surface area (Å²) in [6.45, 7) is 1.19. The van der Waals surface area contributed by atoms with Crippen LogP contribution in [0.2, 0.25) is 0 Å². The second-order valence-corrected chi connectivity index (χ2v) is 5.71. The minimum atomic E-state index is 0.503. The fraction of sp³-hybridized carbons (Fsp3) is 1.00. The van der Waals surface area contributed by atoms with E-state index in [2.05, 4.69) is 11.6 Å². The van der Waals surface area contributed by atoms with Gasteiger partial charge in [0.15, 0.2) is 0 Å². The number of methoxy groups -OCH3 is 1. The van der Waals surface area contributed by atoms with Crippen molar-refractivity contribution in [3.63, 3.8) is 0 Å². The predicted octanol–water partition coefficient (Wildman–Crippen LogP) is 3.07. The zero-order valence-corrected chi connectivity index (χ0v) is 11.7. The van der Waals surface area contributed by atoms with Gasteiger partial charge >= 0.3 is 0 Å². The van der Waals surface area contributed by atoms with Gasteiger partial charge in [0.1, 0.15) is 0 Å². The molecule has 2 nitrogen and oxygen atoms in total. The minimum Gasteiger partial charge on any atom is -0.381 e. The summed E-state index contributed by atoms with van der Waals surface area (Å²) in [5.74, 6) is 1.31. The Morgan fingerprint density at radius 2 is 2.12 bits per heavy atom. The van der Waals surface area contributed by atoms with Crippen molar-refractivity contribution in [1.82, 2.24) is 5.32 Å². The standard InChI is InChI=1S/C13H27NOS/c1-15-13-8-6-7-12(11-13)14-9-4-3-5-10-16-2/h12-14H,3-11H2,1-2H3. The van der Waals surface area contributed by atoms with Gasteiger partial charge in [-0.1, -0.05) is 6.42 Å². The molecule has 0 aromatic carbocycles. The van der Waals surface area contributed by atoms with Gasteiger partial charge in [-0.15, -0.1) is 0 Å². The first-order valence-corrected chi connectivity index (χ1v) is 8.01. The Balaban J connectivity index is 1.95. The first kappa shape index (κ1) is 14.3. The van der Waals surface area contributed by atoms with Crippen LogP contribution in [0.4, 0.5) is 0 Å². The van der Waals surface area contributed by atoms with Gasteiger partial charge in [0, 0.05) is 13.2 Å². The van der Waals surface area contributed by atoms with Crippen molar-refractivity contribution in [2.75, 3.05) is 25.7 Å². The van der Waals surface area contributed by atoms with E-state index < -0.39 is 0 Å². The van der Waals surface area contributed by atoms with Gasteiger partial charge in [-0.3, -0.25) is 0 Å². The normalized spacial score (nSPS) is 25.9. The minimum absolute atomic E-state index is 0.503. The van der Waals surface area contributed by atoms with E-state index in [0.29, 0.717) is 12.1 Å². The largest absolute Gasteiger partial charge is 0.381 e. The Bertz CT molecular complexity index is 166. The fourth-order valence-corrected chi connectivity index (χ4v) is 2.89. The highest BCUT2D eigenvalue weighted by atomic mass is 32.2. The third kappa shape index (κ3) is 6.12. The van der Waals surface area contributed by atoms with Gasteiger partial charge in [0.05, 0.1) is 6.10 Å². The fourth-order valence-electron chi connectivity index (χ4n) is 2.40. The molecule has 3 heteroatoms. The molecular formula is C13H27NOS. The van der Waals surface area contributed by atoms with E-state index >= 15 is 0 Å². The number of hydrogen-bond donors (Lipinski definition) is 1. The summed E-state index contributed by atoms with van der Waals surface area (Å²) < 4.78 is 5.44. The molecule has 2 atom stereocenters. The van der Waals surface area contributed by atoms with Crippen LogP contribution in [-0.4, -0.2) is 37.8 Å². The van der Waals surface area contributed by atoms with Crippen LogP contribution in [0.1, 0.15) is 44.9 Å². The van der Waals surface area contributed by atoms with Gasteiger partial charge in [-0.05, 0) is 57.1 Å². The molecule has 0 radical (unpaired) electrons. The van der Waals surface area contributed by atoms with Crippen LogP contribution in [0, 0.1) is 0 Å². The van der Waals surface area contributed by atoms with E-state index in [0.717, 1.165) is 0 Å². The average Bonchev–Trinajstić information content (AvgIpc) is 2.34. The predicted molar refractivity (Wildman–Crippen MR) is 73.3 cm³/mol. The summed E-state index contributed by atoms with van der Waals surface area (Å²) in [4.78, 5) is 0. The Labute approximate surface area is 105 Å². The second kappa shape index (κ2) is 9.32. The van der Waals surface area contributed by atoms with Gasteiger partial charge in [0.2, 0.25) is 0 Å². The molecule has 1 saturated carbocycles. The Kier molecular flexibility index (Phi) is 8.34. The van der Waals surface area contributed by atoms with Crippen molar-refractivity contribution >= 4 is 11.8 Å². The van der Waals surface area contributed by atoms with E-state index in [1.165, 1.54) is 57.2 Å². The van der Waals surface area contributed by atoms with Crippen molar-refractivity contribution in [1.29, 1.82) is 0 Å². The molecule has 0 spiro atoms. The summed E-state index contributed by atoms with van der Waals surface area (Å²) >= 11 is 1.95. The molecule has 0 aromatic rings. The maximum Gasteiger partial charge on any atom is 0.0586 e. The number of hydrogen-bond acceptors (Lipinski definition) is 3. The highest BCUT2D eigenvalue weighted by Gasteiger charge is 2.20. The molecule has 0 aliphatic heterocycles. The lowest BCUT2D eigenvalue weighted by molar-refractivity contribution is 0.0589. The van der Waals surface area contributed by atoms with E-state index in [1.807, 2.05) is 18.9 Å². The van der Waals surface area contributed by atoms with Crippen molar-refractivity contribution in [2.45, 2.75) is 57.1 Å². The molecule has 1 aliphatic carbocycles. The lowest BCUT2D eigenvalue weighted by Gasteiger charge is -2.28. The van der Waals surface area contributed by atoms with Crippen molar-refractivity contribution in [2.24, 2.45) is 0 Å². The summed E-state index contributed by atoms with van der Waals surface area (Å²) in [5, 5.41) is 3.68. The van der Waals surface area contributed by atoms with Gasteiger partial charge in [0.25, 0.3) is 0 Å². The SMILES string of the molecule is COC1CCCC(NCCCCCSC)C1. The van der Waals surface area contributed by atoms with E-state index in [4.69, 9.17) is 4.74 Å². The van der Waals surface area contributed by atoms with E-state index in [1.54, 1.807) is 0 Å². The summed E-state index contributed by atoms with van der Waals surface area (Å²) in [7, 11) is 1.84. The molecule has 1 fully saturated rings. The third-order valence-electron chi connectivity index (χ3n) is 3.42. The zero-order valence-electron chi connectivity index (χ0n) is 10.8. The number of nitrogens with one attached hydrogen (secondary N) is 1. The van der Waals surface area contributed by atoms with Crippen LogP contribution < -0.4 is 5.32 Å². The van der Waals surface area contributed by atoms with Gasteiger partial charge in [-0.2, -0.15) is 11.8 Å². The van der Waals surface area contributed by atoms with Crippen molar-refractivity contribution in [3.05, 3.63) is 0 Å². The average molecular weight is 245 g/mol. The summed E-state index contributed by atoms with van der Waals surface area (Å²) in [6, 6.07) is 0.708. The van der Waals surface area contributed by atoms with Gasteiger partial charge < -0.3 is 10.1 Å². The summed E-state index contributed by atoms with van der Waals surface area (Å²) in [5.41, 5.74) is 0. The third-order valence-corrected chi connectivity index (χ3v) is 4.11. The van der Waals surface area contributed by atoms with Crippen LogP contribution in [-0.2, 0) is 4.74 Å². The Morgan fingerprint density at radius 3 is 2.88 bits per heavy atom. The molecule has 0 amide bonds. The molecule has 2 unspecified atom stereocenters. The number of thioether (sulfide) groups is 1. The maximum atomic E-state index is 5.44. The van der Waals surface area contributed by atoms with Crippen molar-refractivity contribution < 1.29 is 4.74 Å². The second-order valence-electron chi connectivity index (χ2n) is 4.73. The maximum absolute atomic E-state index is 5.44. The van der Waals surface area contributed by atoms with Crippen molar-refractivity contribution in [3.8, 4) is 0 Å². The Hall–Kier alpha value is 0.270. The quantitative estimate of drug-likeness (QED) is 0.664. The van der Waals surface area contributed by atoms with Crippen LogP contribution >= 0.6 is 11.8 Å². The van der Waals surface area contributed by atoms with E-state index in [9.17, 15) is 0 Å². The van der Waals surface area contributed by atoms with Crippen LogP contribution in [0.25, 0.3) is 0 Å². The molecule has 1 aliphatic rings. The molecule has 0 bridgehead atoms. The molecule has 0 saturated heterocycles. The van der Waals surface area contributed by atoms with Crippen LogP contribution in [0.3, 0.4) is 0 Å². The molecule has 96 valence electrons. The highest BCUT2D eigenvalue weighted by Crippen LogP contribution is 2.20.